The van der Waals surface area contributed by atoms with Gasteiger partial charge in [-0.15, -0.1) is 0 Å². The molecule has 0 spiro atoms. The Bertz CT molecular complexity index is 273. The zero-order valence-electron chi connectivity index (χ0n) is 7.54. The Balaban J connectivity index is 2.26. The lowest BCUT2D eigenvalue weighted by Gasteiger charge is -2.39. The van der Waals surface area contributed by atoms with Crippen LogP contribution < -0.4 is 5.32 Å². The van der Waals surface area contributed by atoms with Crippen molar-refractivity contribution in [2.24, 2.45) is 0 Å². The summed E-state index contributed by atoms with van der Waals surface area (Å²) in [7, 11) is 0. The Kier molecular flexibility index (Phi) is 3.18. The number of halogens is 3. The van der Waals surface area contributed by atoms with E-state index in [9.17, 15) is 22.8 Å². The first kappa shape index (κ1) is 11.8. The Morgan fingerprint density at radius 2 is 1.93 bits per heavy atom. The van der Waals surface area contributed by atoms with E-state index in [2.05, 4.69) is 5.32 Å². The monoisotopic (exact) mass is 226 g/mol. The Morgan fingerprint density at radius 1 is 1.40 bits per heavy atom. The van der Waals surface area contributed by atoms with Crippen LogP contribution in [0, 0.1) is 0 Å². The van der Waals surface area contributed by atoms with Crippen LogP contribution in [0.25, 0.3) is 0 Å². The van der Waals surface area contributed by atoms with Crippen molar-refractivity contribution in [3.8, 4) is 0 Å². The molecule has 0 radical (unpaired) electrons. The Hall–Kier alpha value is -1.31. The van der Waals surface area contributed by atoms with Crippen LogP contribution in [0.15, 0.2) is 0 Å². The second-order valence-corrected chi connectivity index (χ2v) is 3.18. The lowest BCUT2D eigenvalue weighted by atomic mass is 10.1. The van der Waals surface area contributed by atoms with Gasteiger partial charge in [-0.3, -0.25) is 9.59 Å². The number of alkyl halides is 3. The third-order valence-electron chi connectivity index (χ3n) is 1.95. The van der Waals surface area contributed by atoms with Crippen molar-refractivity contribution in [3.05, 3.63) is 0 Å². The maximum atomic E-state index is 11.9. The average Bonchev–Trinajstić information content (AvgIpc) is 1.98. The summed E-state index contributed by atoms with van der Waals surface area (Å²) in [5.41, 5.74) is 0. The van der Waals surface area contributed by atoms with Crippen LogP contribution in [0.3, 0.4) is 0 Å². The van der Waals surface area contributed by atoms with Gasteiger partial charge in [0, 0.05) is 19.1 Å². The molecule has 5 nitrogen and oxygen atoms in total. The molecule has 2 N–H and O–H groups in total. The predicted molar refractivity (Wildman–Crippen MR) is 42.1 cm³/mol. The van der Waals surface area contributed by atoms with E-state index in [-0.39, 0.29) is 25.7 Å². The van der Waals surface area contributed by atoms with E-state index in [1.807, 2.05) is 0 Å². The summed E-state index contributed by atoms with van der Waals surface area (Å²) in [5.74, 6) is -2.97. The molecule has 15 heavy (non-hydrogen) atoms. The molecule has 1 amide bonds. The number of nitrogens with zero attached hydrogens (tertiary/aromatic N) is 1. The summed E-state index contributed by atoms with van der Waals surface area (Å²) < 4.78 is 35.6. The minimum Gasteiger partial charge on any atom is -0.480 e. The number of carboxylic acid groups (broad SMARTS) is 1. The number of carbonyl (C=O) groups is 2. The quantitative estimate of drug-likeness (QED) is 0.676. The normalized spacial score (nSPS) is 17.4. The first-order valence-electron chi connectivity index (χ1n) is 4.12. The van der Waals surface area contributed by atoms with E-state index in [1.165, 1.54) is 0 Å². The topological polar surface area (TPSA) is 69.6 Å². The lowest BCUT2D eigenvalue weighted by Crippen LogP contribution is -2.62. The van der Waals surface area contributed by atoms with Gasteiger partial charge in [0.05, 0.1) is 6.54 Å². The molecule has 0 aromatic rings. The SMILES string of the molecule is O=C(O)CNC1CN(C(=O)C(F)(F)F)C1. The molecule has 1 heterocycles. The van der Waals surface area contributed by atoms with Crippen LogP contribution in [0.4, 0.5) is 13.2 Å². The van der Waals surface area contributed by atoms with E-state index in [0.29, 0.717) is 4.90 Å². The van der Waals surface area contributed by atoms with Gasteiger partial charge in [-0.2, -0.15) is 13.2 Å². The van der Waals surface area contributed by atoms with Crippen molar-refractivity contribution in [3.63, 3.8) is 0 Å². The number of carboxylic acids is 1. The van der Waals surface area contributed by atoms with E-state index in [0.717, 1.165) is 0 Å². The summed E-state index contributed by atoms with van der Waals surface area (Å²) in [5, 5.41) is 10.8. The van der Waals surface area contributed by atoms with Gasteiger partial charge in [-0.05, 0) is 0 Å². The van der Waals surface area contributed by atoms with Crippen LogP contribution >= 0.6 is 0 Å². The molecule has 8 heteroatoms. The second-order valence-electron chi connectivity index (χ2n) is 3.18. The number of amides is 1. The number of hydrogen-bond donors (Lipinski definition) is 2. The molecule has 0 saturated carbocycles. The van der Waals surface area contributed by atoms with Crippen LogP contribution in [0.2, 0.25) is 0 Å². The molecule has 1 fully saturated rings. The fraction of sp³-hybridized carbons (Fsp3) is 0.714. The number of aliphatic carboxylic acids is 1. The molecule has 1 aliphatic heterocycles. The van der Waals surface area contributed by atoms with Crippen molar-refractivity contribution in [1.29, 1.82) is 0 Å². The largest absolute Gasteiger partial charge is 0.480 e. The average molecular weight is 226 g/mol. The van der Waals surface area contributed by atoms with Crippen molar-refractivity contribution < 1.29 is 27.9 Å². The first-order valence-corrected chi connectivity index (χ1v) is 4.12. The summed E-state index contributed by atoms with van der Waals surface area (Å²) in [4.78, 5) is 21.3. The Morgan fingerprint density at radius 3 is 2.33 bits per heavy atom. The number of nitrogens with one attached hydrogen (secondary N) is 1. The smallest absolute Gasteiger partial charge is 0.471 e. The van der Waals surface area contributed by atoms with Crippen LogP contribution in [-0.4, -0.2) is 53.7 Å². The molecule has 0 aromatic heterocycles. The zero-order chi connectivity index (χ0) is 11.6. The van der Waals surface area contributed by atoms with E-state index in [4.69, 9.17) is 5.11 Å². The number of carbonyl (C=O) groups excluding carboxylic acids is 1. The van der Waals surface area contributed by atoms with Gasteiger partial charge in [0.2, 0.25) is 0 Å². The highest BCUT2D eigenvalue weighted by Crippen LogP contribution is 2.21. The Labute approximate surface area is 82.8 Å². The van der Waals surface area contributed by atoms with Crippen LogP contribution in [0.5, 0.6) is 0 Å². The van der Waals surface area contributed by atoms with E-state index in [1.54, 1.807) is 0 Å². The summed E-state index contributed by atoms with van der Waals surface area (Å²) >= 11 is 0. The summed E-state index contributed by atoms with van der Waals surface area (Å²) in [6.45, 7) is -0.532. The number of rotatable bonds is 3. The van der Waals surface area contributed by atoms with Crippen molar-refractivity contribution >= 4 is 11.9 Å². The molecule has 0 unspecified atom stereocenters. The van der Waals surface area contributed by atoms with Crippen LogP contribution in [0.1, 0.15) is 0 Å². The molecule has 86 valence electrons. The van der Waals surface area contributed by atoms with Gasteiger partial charge in [0.1, 0.15) is 0 Å². The van der Waals surface area contributed by atoms with Crippen LogP contribution in [-0.2, 0) is 9.59 Å². The van der Waals surface area contributed by atoms with E-state index >= 15 is 0 Å². The third kappa shape index (κ3) is 3.08. The molecular formula is C7H9F3N2O3. The molecule has 0 bridgehead atoms. The molecule has 1 aliphatic rings. The fourth-order valence-corrected chi connectivity index (χ4v) is 1.18. The molecule has 0 atom stereocenters. The van der Waals surface area contributed by atoms with Gasteiger partial charge in [0.15, 0.2) is 0 Å². The van der Waals surface area contributed by atoms with Crippen molar-refractivity contribution in [2.75, 3.05) is 19.6 Å². The number of hydrogen-bond acceptors (Lipinski definition) is 3. The van der Waals surface area contributed by atoms with Gasteiger partial charge in [-0.25, -0.2) is 0 Å². The predicted octanol–water partition coefficient (Wildman–Crippen LogP) is -0.566. The third-order valence-corrected chi connectivity index (χ3v) is 1.95. The maximum absolute atomic E-state index is 11.9. The zero-order valence-corrected chi connectivity index (χ0v) is 7.54. The van der Waals surface area contributed by atoms with Gasteiger partial charge in [-0.1, -0.05) is 0 Å². The summed E-state index contributed by atoms with van der Waals surface area (Å²) in [6.07, 6.45) is -4.85. The highest BCUT2D eigenvalue weighted by molar-refractivity contribution is 5.82. The van der Waals surface area contributed by atoms with Crippen molar-refractivity contribution in [2.45, 2.75) is 12.2 Å². The minimum atomic E-state index is -4.85. The van der Waals surface area contributed by atoms with Gasteiger partial charge < -0.3 is 15.3 Å². The molecular weight excluding hydrogens is 217 g/mol. The number of likely N-dealkylation sites (tertiary alicyclic amines) is 1. The highest BCUT2D eigenvalue weighted by atomic mass is 19.4. The molecule has 0 aromatic carbocycles. The van der Waals surface area contributed by atoms with Gasteiger partial charge >= 0.3 is 18.1 Å². The molecule has 1 saturated heterocycles. The standard InChI is InChI=1S/C7H9F3N2O3/c8-7(9,10)6(15)12-2-4(3-12)11-1-5(13)14/h4,11H,1-3H2,(H,13,14). The van der Waals surface area contributed by atoms with Gasteiger partial charge in [0.25, 0.3) is 0 Å². The van der Waals surface area contributed by atoms with E-state index < -0.39 is 18.1 Å². The molecule has 0 aliphatic carbocycles. The minimum absolute atomic E-state index is 0.106. The second kappa shape index (κ2) is 4.05. The fourth-order valence-electron chi connectivity index (χ4n) is 1.18. The maximum Gasteiger partial charge on any atom is 0.471 e. The van der Waals surface area contributed by atoms with Crippen molar-refractivity contribution in [1.82, 2.24) is 10.2 Å². The summed E-state index contributed by atoms with van der Waals surface area (Å²) in [6, 6.07) is -0.368. The lowest BCUT2D eigenvalue weighted by molar-refractivity contribution is -0.190. The molecule has 1 rings (SSSR count). The first-order chi connectivity index (χ1) is 6.80. The highest BCUT2D eigenvalue weighted by Gasteiger charge is 2.46.